The first kappa shape index (κ1) is 9.17. The topological polar surface area (TPSA) is 17.1 Å². The summed E-state index contributed by atoms with van der Waals surface area (Å²) in [5, 5.41) is 0. The minimum atomic E-state index is 0.451. The molecule has 1 heteroatoms. The summed E-state index contributed by atoms with van der Waals surface area (Å²) in [4.78, 5) is 11.2. The Morgan fingerprint density at radius 3 is 2.35 bits per heavy atom. The number of fused-ring (bicyclic) bond motifs is 8. The van der Waals surface area contributed by atoms with Gasteiger partial charge in [-0.3, -0.25) is 4.79 Å². The number of benzene rings is 2. The highest BCUT2D eigenvalue weighted by atomic mass is 16.1. The molecule has 0 N–H and O–H groups in total. The Bertz CT molecular complexity index is 627. The number of aldehydes is 1. The maximum atomic E-state index is 11.2. The van der Waals surface area contributed by atoms with Gasteiger partial charge in [0.05, 0.1) is 0 Å². The summed E-state index contributed by atoms with van der Waals surface area (Å²) in [5.41, 5.74) is 6.43. The summed E-state index contributed by atoms with van der Waals surface area (Å²) < 4.78 is 0. The third-order valence-electron chi connectivity index (χ3n) is 4.24. The average molecular weight is 220 g/mol. The lowest BCUT2D eigenvalue weighted by atomic mass is 9.84. The van der Waals surface area contributed by atoms with Crippen LogP contribution >= 0.6 is 0 Å². The zero-order valence-corrected chi connectivity index (χ0v) is 9.39. The van der Waals surface area contributed by atoms with Crippen molar-refractivity contribution < 1.29 is 4.79 Å². The maximum Gasteiger partial charge on any atom is 0.150 e. The molecule has 0 spiro atoms. The first-order chi connectivity index (χ1) is 8.40. The molecule has 2 unspecified atom stereocenters. The minimum Gasteiger partial charge on any atom is -0.298 e. The van der Waals surface area contributed by atoms with Crippen LogP contribution in [0.25, 0.3) is 0 Å². The van der Waals surface area contributed by atoms with E-state index in [0.717, 1.165) is 18.3 Å². The Hall–Kier alpha value is -1.89. The van der Waals surface area contributed by atoms with Gasteiger partial charge in [-0.05, 0) is 28.7 Å². The van der Waals surface area contributed by atoms with E-state index in [-0.39, 0.29) is 0 Å². The van der Waals surface area contributed by atoms with Gasteiger partial charge in [0.2, 0.25) is 0 Å². The van der Waals surface area contributed by atoms with Gasteiger partial charge in [-0.1, -0.05) is 42.5 Å². The SMILES string of the molecule is O=Cc1cccc2c1C1CC2c2ccccc21. The van der Waals surface area contributed by atoms with E-state index in [0.29, 0.717) is 11.8 Å². The lowest BCUT2D eigenvalue weighted by Crippen LogP contribution is -2.05. The normalized spacial score (nSPS) is 23.3. The van der Waals surface area contributed by atoms with Crippen LogP contribution in [0.4, 0.5) is 0 Å². The molecule has 82 valence electrons. The summed E-state index contributed by atoms with van der Waals surface area (Å²) >= 11 is 0. The van der Waals surface area contributed by atoms with Crippen LogP contribution in [-0.2, 0) is 0 Å². The fourth-order valence-electron chi connectivity index (χ4n) is 3.61. The zero-order valence-electron chi connectivity index (χ0n) is 9.39. The molecule has 0 heterocycles. The number of carbonyl (C=O) groups is 1. The van der Waals surface area contributed by atoms with E-state index >= 15 is 0 Å². The van der Waals surface area contributed by atoms with Gasteiger partial charge in [-0.15, -0.1) is 0 Å². The van der Waals surface area contributed by atoms with E-state index in [1.807, 2.05) is 12.1 Å². The van der Waals surface area contributed by atoms with Gasteiger partial charge in [-0.25, -0.2) is 0 Å². The number of rotatable bonds is 1. The second kappa shape index (κ2) is 3.07. The molecule has 17 heavy (non-hydrogen) atoms. The highest BCUT2D eigenvalue weighted by molar-refractivity contribution is 5.81. The number of hydrogen-bond donors (Lipinski definition) is 0. The number of hydrogen-bond acceptors (Lipinski definition) is 1. The third-order valence-corrected chi connectivity index (χ3v) is 4.24. The molecule has 4 rings (SSSR count). The van der Waals surface area contributed by atoms with Gasteiger partial charge >= 0.3 is 0 Å². The van der Waals surface area contributed by atoms with Gasteiger partial charge < -0.3 is 0 Å². The molecule has 0 amide bonds. The maximum absolute atomic E-state index is 11.2. The molecule has 0 saturated heterocycles. The van der Waals surface area contributed by atoms with Gasteiger partial charge in [-0.2, -0.15) is 0 Å². The van der Waals surface area contributed by atoms with Crippen molar-refractivity contribution in [3.05, 3.63) is 70.3 Å². The molecule has 2 bridgehead atoms. The Morgan fingerprint density at radius 1 is 0.882 bits per heavy atom. The molecule has 0 saturated carbocycles. The van der Waals surface area contributed by atoms with Crippen LogP contribution in [0.3, 0.4) is 0 Å². The molecule has 2 aromatic carbocycles. The molecule has 0 radical (unpaired) electrons. The van der Waals surface area contributed by atoms with Gasteiger partial charge in [0.1, 0.15) is 6.29 Å². The summed E-state index contributed by atoms with van der Waals surface area (Å²) in [6, 6.07) is 14.8. The van der Waals surface area contributed by atoms with E-state index < -0.39 is 0 Å². The van der Waals surface area contributed by atoms with Crippen LogP contribution in [0.1, 0.15) is 50.9 Å². The van der Waals surface area contributed by atoms with E-state index in [4.69, 9.17) is 0 Å². The van der Waals surface area contributed by atoms with Crippen molar-refractivity contribution in [2.75, 3.05) is 0 Å². The Labute approximate surface area is 100 Å². The molecule has 2 aromatic rings. The quantitative estimate of drug-likeness (QED) is 0.672. The first-order valence-electron chi connectivity index (χ1n) is 6.07. The third kappa shape index (κ3) is 1.02. The Morgan fingerprint density at radius 2 is 1.59 bits per heavy atom. The summed E-state index contributed by atoms with van der Waals surface area (Å²) in [6.45, 7) is 0. The zero-order chi connectivity index (χ0) is 11.4. The van der Waals surface area contributed by atoms with Crippen molar-refractivity contribution in [1.82, 2.24) is 0 Å². The average Bonchev–Trinajstić information content (AvgIpc) is 2.95. The van der Waals surface area contributed by atoms with Crippen molar-refractivity contribution in [3.8, 4) is 0 Å². The molecule has 2 aliphatic carbocycles. The van der Waals surface area contributed by atoms with Crippen molar-refractivity contribution in [1.29, 1.82) is 0 Å². The van der Waals surface area contributed by atoms with Crippen molar-refractivity contribution >= 4 is 6.29 Å². The molecule has 2 atom stereocenters. The predicted molar refractivity (Wildman–Crippen MR) is 66.6 cm³/mol. The van der Waals surface area contributed by atoms with Crippen molar-refractivity contribution in [2.45, 2.75) is 18.3 Å². The van der Waals surface area contributed by atoms with Crippen LogP contribution in [0, 0.1) is 0 Å². The molecular formula is C16H12O. The van der Waals surface area contributed by atoms with Gasteiger partial charge in [0.15, 0.2) is 0 Å². The second-order valence-electron chi connectivity index (χ2n) is 4.94. The molecule has 0 fully saturated rings. The lowest BCUT2D eigenvalue weighted by molar-refractivity contribution is 0.112. The van der Waals surface area contributed by atoms with Crippen molar-refractivity contribution in [2.24, 2.45) is 0 Å². The monoisotopic (exact) mass is 220 g/mol. The fraction of sp³-hybridized carbons (Fsp3) is 0.188. The van der Waals surface area contributed by atoms with Crippen LogP contribution in [-0.4, -0.2) is 6.29 Å². The standard InChI is InChI=1S/C16H12O/c17-9-10-4-3-7-13-14-8-15(16(10)13)12-6-2-1-5-11(12)14/h1-7,9,14-15H,8H2. The van der Waals surface area contributed by atoms with Crippen molar-refractivity contribution in [3.63, 3.8) is 0 Å². The smallest absolute Gasteiger partial charge is 0.150 e. The second-order valence-corrected chi connectivity index (χ2v) is 4.94. The highest BCUT2D eigenvalue weighted by Crippen LogP contribution is 2.56. The van der Waals surface area contributed by atoms with E-state index in [1.165, 1.54) is 22.3 Å². The fourth-order valence-corrected chi connectivity index (χ4v) is 3.61. The summed E-state index contributed by atoms with van der Waals surface area (Å²) in [6.07, 6.45) is 2.15. The molecule has 0 aromatic heterocycles. The molecule has 2 aliphatic rings. The van der Waals surface area contributed by atoms with Crippen LogP contribution in [0.2, 0.25) is 0 Å². The van der Waals surface area contributed by atoms with Crippen LogP contribution in [0.5, 0.6) is 0 Å². The van der Waals surface area contributed by atoms with E-state index in [9.17, 15) is 4.79 Å². The Balaban J connectivity index is 2.02. The lowest BCUT2D eigenvalue weighted by Gasteiger charge is -2.20. The van der Waals surface area contributed by atoms with Crippen LogP contribution in [0.15, 0.2) is 42.5 Å². The minimum absolute atomic E-state index is 0.451. The van der Waals surface area contributed by atoms with E-state index in [2.05, 4.69) is 30.3 Å². The highest BCUT2D eigenvalue weighted by Gasteiger charge is 2.42. The van der Waals surface area contributed by atoms with Crippen LogP contribution < -0.4 is 0 Å². The van der Waals surface area contributed by atoms with E-state index in [1.54, 1.807) is 0 Å². The van der Waals surface area contributed by atoms with Gasteiger partial charge in [0, 0.05) is 17.4 Å². The molecule has 1 nitrogen and oxygen atoms in total. The largest absolute Gasteiger partial charge is 0.298 e. The number of carbonyl (C=O) groups excluding carboxylic acids is 1. The predicted octanol–water partition coefficient (Wildman–Crippen LogP) is 3.48. The summed E-state index contributed by atoms with van der Waals surface area (Å²) in [5.74, 6) is 0.971. The summed E-state index contributed by atoms with van der Waals surface area (Å²) in [7, 11) is 0. The van der Waals surface area contributed by atoms with Gasteiger partial charge in [0.25, 0.3) is 0 Å². The Kier molecular flexibility index (Phi) is 1.66. The molecule has 0 aliphatic heterocycles. The molecular weight excluding hydrogens is 208 g/mol. The first-order valence-corrected chi connectivity index (χ1v) is 6.07.